The smallest absolute Gasteiger partial charge is 0.123 e. The highest BCUT2D eigenvalue weighted by molar-refractivity contribution is 5.87. The van der Waals surface area contributed by atoms with Crippen LogP contribution in [0.3, 0.4) is 0 Å². The van der Waals surface area contributed by atoms with E-state index in [0.29, 0.717) is 5.75 Å². The monoisotopic (exact) mass is 274 g/mol. The molecular formula is C20H18O. The lowest BCUT2D eigenvalue weighted by Crippen LogP contribution is -1.76. The molecule has 0 bridgehead atoms. The predicted octanol–water partition coefficient (Wildman–Crippen LogP) is 5.52. The molecule has 0 aliphatic rings. The van der Waals surface area contributed by atoms with E-state index in [1.807, 2.05) is 72.8 Å². The molecule has 0 radical (unpaired) electrons. The first-order valence-corrected chi connectivity index (χ1v) is 6.77. The van der Waals surface area contributed by atoms with Gasteiger partial charge in [0.25, 0.3) is 0 Å². The van der Waals surface area contributed by atoms with Gasteiger partial charge in [-0.25, -0.2) is 0 Å². The molecule has 0 spiro atoms. The fourth-order valence-electron chi connectivity index (χ4n) is 2.09. The van der Waals surface area contributed by atoms with E-state index in [2.05, 4.69) is 13.2 Å². The van der Waals surface area contributed by atoms with Crippen molar-refractivity contribution in [2.24, 2.45) is 0 Å². The summed E-state index contributed by atoms with van der Waals surface area (Å²) in [6.45, 7) is 7.38. The molecule has 3 aromatic carbocycles. The van der Waals surface area contributed by atoms with Gasteiger partial charge in [-0.05, 0) is 22.6 Å². The maximum absolute atomic E-state index is 9.37. The fourth-order valence-corrected chi connectivity index (χ4v) is 2.09. The Balaban J connectivity index is 0.000000155. The number of hydrogen-bond acceptors (Lipinski definition) is 1. The molecule has 0 aliphatic carbocycles. The van der Waals surface area contributed by atoms with E-state index in [4.69, 9.17) is 0 Å². The Morgan fingerprint density at radius 1 is 0.667 bits per heavy atom. The maximum atomic E-state index is 9.37. The van der Waals surface area contributed by atoms with Crippen molar-refractivity contribution in [3.8, 4) is 5.75 Å². The Bertz CT molecular complexity index is 724. The normalized spacial score (nSPS) is 9.52. The molecule has 1 heteroatoms. The first kappa shape index (κ1) is 14.6. The van der Waals surface area contributed by atoms with Gasteiger partial charge in [-0.2, -0.15) is 0 Å². The van der Waals surface area contributed by atoms with Crippen LogP contribution >= 0.6 is 0 Å². The van der Waals surface area contributed by atoms with Crippen molar-refractivity contribution in [2.75, 3.05) is 0 Å². The number of phenols is 1. The van der Waals surface area contributed by atoms with Crippen molar-refractivity contribution in [3.05, 3.63) is 91.0 Å². The fraction of sp³-hybridized carbons (Fsp3) is 0. The maximum Gasteiger partial charge on any atom is 0.123 e. The summed E-state index contributed by atoms with van der Waals surface area (Å²) in [5.74, 6) is 0.350. The molecule has 0 fully saturated rings. The van der Waals surface area contributed by atoms with E-state index < -0.39 is 0 Å². The molecule has 0 unspecified atom stereocenters. The summed E-state index contributed by atoms with van der Waals surface area (Å²) in [6, 6.07) is 21.3. The van der Waals surface area contributed by atoms with Crippen molar-refractivity contribution in [3.63, 3.8) is 0 Å². The Morgan fingerprint density at radius 3 is 1.76 bits per heavy atom. The van der Waals surface area contributed by atoms with Crippen LogP contribution in [0.1, 0.15) is 11.1 Å². The molecule has 1 nitrogen and oxygen atoms in total. The van der Waals surface area contributed by atoms with E-state index in [1.54, 1.807) is 6.07 Å². The van der Waals surface area contributed by atoms with E-state index in [9.17, 15) is 5.11 Å². The van der Waals surface area contributed by atoms with Crippen LogP contribution in [-0.4, -0.2) is 5.11 Å². The lowest BCUT2D eigenvalue weighted by Gasteiger charge is -1.97. The van der Waals surface area contributed by atoms with Gasteiger partial charge in [0.05, 0.1) is 0 Å². The van der Waals surface area contributed by atoms with Gasteiger partial charge in [0.15, 0.2) is 0 Å². The highest BCUT2D eigenvalue weighted by atomic mass is 16.3. The van der Waals surface area contributed by atoms with E-state index >= 15 is 0 Å². The van der Waals surface area contributed by atoms with Crippen LogP contribution in [0.2, 0.25) is 0 Å². The van der Waals surface area contributed by atoms with Crippen LogP contribution in [0, 0.1) is 0 Å². The van der Waals surface area contributed by atoms with Crippen LogP contribution in [0.5, 0.6) is 5.75 Å². The summed E-state index contributed by atoms with van der Waals surface area (Å²) < 4.78 is 0. The lowest BCUT2D eigenvalue weighted by molar-refractivity contribution is 0.481. The minimum Gasteiger partial charge on any atom is -0.507 e. The summed E-state index contributed by atoms with van der Waals surface area (Å²) in [6.07, 6.45) is 3.66. The van der Waals surface area contributed by atoms with Crippen molar-refractivity contribution in [1.29, 1.82) is 0 Å². The average Bonchev–Trinajstić information content (AvgIpc) is 2.56. The molecule has 0 saturated heterocycles. The zero-order valence-corrected chi connectivity index (χ0v) is 11.9. The average molecular weight is 274 g/mol. The molecule has 3 rings (SSSR count). The Morgan fingerprint density at radius 2 is 1.19 bits per heavy atom. The Labute approximate surface area is 125 Å². The summed E-state index contributed by atoms with van der Waals surface area (Å²) >= 11 is 0. The standard InChI is InChI=1S/C10H8O.C10H10/c11-10-7-3-5-8-4-1-2-6-9(8)10;1-3-9-7-5-6-8-10(9)4-2/h1-7,11H;3-8H,1-2H2. The van der Waals surface area contributed by atoms with Gasteiger partial charge in [0.2, 0.25) is 0 Å². The number of fused-ring (bicyclic) bond motifs is 1. The molecule has 0 aromatic heterocycles. The highest BCUT2D eigenvalue weighted by Crippen LogP contribution is 2.22. The van der Waals surface area contributed by atoms with E-state index in [0.717, 1.165) is 21.9 Å². The van der Waals surface area contributed by atoms with Gasteiger partial charge in [-0.3, -0.25) is 0 Å². The predicted molar refractivity (Wildman–Crippen MR) is 92.2 cm³/mol. The third-order valence-electron chi connectivity index (χ3n) is 3.20. The van der Waals surface area contributed by atoms with E-state index in [-0.39, 0.29) is 0 Å². The minimum absolute atomic E-state index is 0.350. The third-order valence-corrected chi connectivity index (χ3v) is 3.20. The van der Waals surface area contributed by atoms with Crippen LogP contribution in [0.4, 0.5) is 0 Å². The zero-order valence-electron chi connectivity index (χ0n) is 11.9. The van der Waals surface area contributed by atoms with Crippen LogP contribution < -0.4 is 0 Å². The third kappa shape index (κ3) is 3.61. The molecule has 21 heavy (non-hydrogen) atoms. The van der Waals surface area contributed by atoms with Crippen molar-refractivity contribution in [2.45, 2.75) is 0 Å². The van der Waals surface area contributed by atoms with Gasteiger partial charge < -0.3 is 5.11 Å². The quantitative estimate of drug-likeness (QED) is 0.652. The van der Waals surface area contributed by atoms with Gasteiger partial charge >= 0.3 is 0 Å². The first-order valence-electron chi connectivity index (χ1n) is 6.77. The number of rotatable bonds is 2. The molecule has 0 aliphatic heterocycles. The second-order valence-electron chi connectivity index (χ2n) is 4.54. The summed E-state index contributed by atoms with van der Waals surface area (Å²) in [5, 5.41) is 11.4. The lowest BCUT2D eigenvalue weighted by atomic mass is 10.1. The molecule has 0 atom stereocenters. The van der Waals surface area contributed by atoms with Crippen LogP contribution in [0.15, 0.2) is 79.9 Å². The topological polar surface area (TPSA) is 20.2 Å². The summed E-state index contributed by atoms with van der Waals surface area (Å²) in [5.41, 5.74) is 2.27. The van der Waals surface area contributed by atoms with Crippen molar-refractivity contribution < 1.29 is 5.11 Å². The molecule has 0 amide bonds. The molecule has 0 heterocycles. The zero-order chi connectivity index (χ0) is 15.1. The molecule has 3 aromatic rings. The number of phenolic OH excluding ortho intramolecular Hbond substituents is 1. The summed E-state index contributed by atoms with van der Waals surface area (Å²) in [4.78, 5) is 0. The number of hydrogen-bond donors (Lipinski definition) is 1. The largest absolute Gasteiger partial charge is 0.507 e. The number of aromatic hydroxyl groups is 1. The second-order valence-corrected chi connectivity index (χ2v) is 4.54. The first-order chi connectivity index (χ1) is 10.3. The second kappa shape index (κ2) is 7.11. The van der Waals surface area contributed by atoms with Gasteiger partial charge in [-0.1, -0.05) is 86.0 Å². The molecule has 0 saturated carbocycles. The molecule has 104 valence electrons. The van der Waals surface area contributed by atoms with Crippen molar-refractivity contribution in [1.82, 2.24) is 0 Å². The Kier molecular flexibility index (Phi) is 4.94. The highest BCUT2D eigenvalue weighted by Gasteiger charge is 1.94. The van der Waals surface area contributed by atoms with E-state index in [1.165, 1.54) is 0 Å². The van der Waals surface area contributed by atoms with Gasteiger partial charge in [0.1, 0.15) is 5.75 Å². The van der Waals surface area contributed by atoms with Gasteiger partial charge in [0, 0.05) is 5.39 Å². The van der Waals surface area contributed by atoms with Crippen LogP contribution in [-0.2, 0) is 0 Å². The van der Waals surface area contributed by atoms with Crippen molar-refractivity contribution >= 4 is 22.9 Å². The molecule has 1 N–H and O–H groups in total. The van der Waals surface area contributed by atoms with Crippen LogP contribution in [0.25, 0.3) is 22.9 Å². The van der Waals surface area contributed by atoms with Gasteiger partial charge in [-0.15, -0.1) is 0 Å². The number of benzene rings is 3. The summed E-state index contributed by atoms with van der Waals surface area (Å²) in [7, 11) is 0. The minimum atomic E-state index is 0.350. The SMILES string of the molecule is C=Cc1ccccc1C=C.Oc1cccc2ccccc12. The Hall–Kier alpha value is -2.80. The molecular weight excluding hydrogens is 256 g/mol.